The molecule has 0 radical (unpaired) electrons. The van der Waals surface area contributed by atoms with Crippen LogP contribution in [-0.4, -0.2) is 16.3 Å². The molecule has 2 rings (SSSR count). The average molecular weight is 276 g/mol. The fraction of sp³-hybridized carbons (Fsp3) is 0.700. The van der Waals surface area contributed by atoms with E-state index in [1.807, 2.05) is 0 Å². The van der Waals surface area contributed by atoms with Crippen molar-refractivity contribution < 1.29 is 4.74 Å². The van der Waals surface area contributed by atoms with Crippen molar-refractivity contribution in [2.45, 2.75) is 36.4 Å². The highest BCUT2D eigenvalue weighted by atomic mass is 79.9. The maximum Gasteiger partial charge on any atom is 0.225 e. The molecule has 2 nitrogen and oxygen atoms in total. The lowest BCUT2D eigenvalue weighted by Gasteiger charge is -2.25. The third-order valence-corrected chi connectivity index (χ3v) is 4.76. The molecule has 1 heterocycles. The van der Waals surface area contributed by atoms with Crippen LogP contribution >= 0.6 is 27.5 Å². The predicted molar refractivity (Wildman–Crippen MR) is 62.6 cm³/mol. The summed E-state index contributed by atoms with van der Waals surface area (Å²) in [6, 6.07) is 2.08. The quantitative estimate of drug-likeness (QED) is 0.770. The summed E-state index contributed by atoms with van der Waals surface area (Å²) in [6.45, 7) is 0. The Morgan fingerprint density at radius 3 is 2.93 bits per heavy atom. The lowest BCUT2D eigenvalue weighted by molar-refractivity contribution is 0.401. The molecule has 1 aliphatic carbocycles. The molecular formula is C10H14BrNOS. The van der Waals surface area contributed by atoms with Crippen LogP contribution in [0, 0.1) is 0 Å². The maximum absolute atomic E-state index is 5.10. The lowest BCUT2D eigenvalue weighted by Crippen LogP contribution is -2.16. The second kappa shape index (κ2) is 4.62. The van der Waals surface area contributed by atoms with E-state index in [-0.39, 0.29) is 0 Å². The van der Waals surface area contributed by atoms with Crippen molar-refractivity contribution in [2.75, 3.05) is 7.11 Å². The Morgan fingerprint density at radius 1 is 1.50 bits per heavy atom. The van der Waals surface area contributed by atoms with Gasteiger partial charge in [-0.1, -0.05) is 28.8 Å². The molecule has 0 bridgehead atoms. The van der Waals surface area contributed by atoms with Crippen molar-refractivity contribution in [3.63, 3.8) is 0 Å². The smallest absolute Gasteiger partial charge is 0.225 e. The molecule has 0 aliphatic heterocycles. The van der Waals surface area contributed by atoms with Crippen LogP contribution in [0.25, 0.3) is 0 Å². The normalized spacial score (nSPS) is 27.6. The average Bonchev–Trinajstić information content (AvgIpc) is 2.67. The van der Waals surface area contributed by atoms with Gasteiger partial charge in [0.1, 0.15) is 0 Å². The molecule has 2 atom stereocenters. The van der Waals surface area contributed by atoms with Gasteiger partial charge in [-0.05, 0) is 24.4 Å². The molecule has 4 heteroatoms. The predicted octanol–water partition coefficient (Wildman–Crippen LogP) is 3.57. The molecule has 0 amide bonds. The fourth-order valence-corrected chi connectivity index (χ4v) is 3.89. The first kappa shape index (κ1) is 10.4. The molecule has 1 fully saturated rings. The molecule has 1 aromatic heterocycles. The number of nitrogens with zero attached hydrogens (tertiary/aromatic N) is 1. The Bertz CT molecular complexity index is 302. The number of rotatable bonds is 2. The van der Waals surface area contributed by atoms with E-state index < -0.39 is 0 Å². The van der Waals surface area contributed by atoms with Gasteiger partial charge in [0, 0.05) is 21.7 Å². The van der Waals surface area contributed by atoms with Crippen LogP contribution < -0.4 is 4.74 Å². The van der Waals surface area contributed by atoms with Gasteiger partial charge in [-0.3, -0.25) is 0 Å². The van der Waals surface area contributed by atoms with E-state index in [2.05, 4.69) is 26.4 Å². The standard InChI is InChI=1S/C10H14BrNOS/c1-13-10-6-9(14-12-10)7-4-2-3-5-8(7)11/h6-8H,2-5H2,1H3. The van der Waals surface area contributed by atoms with Crippen molar-refractivity contribution in [3.05, 3.63) is 10.9 Å². The van der Waals surface area contributed by atoms with Gasteiger partial charge >= 0.3 is 0 Å². The van der Waals surface area contributed by atoms with E-state index in [0.29, 0.717) is 10.7 Å². The van der Waals surface area contributed by atoms with E-state index in [0.717, 1.165) is 5.88 Å². The van der Waals surface area contributed by atoms with Crippen molar-refractivity contribution in [3.8, 4) is 5.88 Å². The minimum atomic E-state index is 0.626. The molecule has 2 unspecified atom stereocenters. The molecule has 0 aromatic carbocycles. The zero-order valence-corrected chi connectivity index (χ0v) is 10.6. The Balaban J connectivity index is 2.12. The monoisotopic (exact) mass is 275 g/mol. The van der Waals surface area contributed by atoms with Crippen LogP contribution in [0.5, 0.6) is 5.88 Å². The van der Waals surface area contributed by atoms with Crippen molar-refractivity contribution in [2.24, 2.45) is 0 Å². The van der Waals surface area contributed by atoms with Crippen LogP contribution in [0.4, 0.5) is 0 Å². The van der Waals surface area contributed by atoms with Gasteiger partial charge < -0.3 is 4.74 Å². The van der Waals surface area contributed by atoms with Gasteiger partial charge in [-0.2, -0.15) is 4.37 Å². The summed E-state index contributed by atoms with van der Waals surface area (Å²) in [5.74, 6) is 1.40. The van der Waals surface area contributed by atoms with E-state index in [4.69, 9.17) is 4.74 Å². The maximum atomic E-state index is 5.10. The second-order valence-electron chi connectivity index (χ2n) is 3.68. The number of halogens is 1. The summed E-state index contributed by atoms with van der Waals surface area (Å²) in [5, 5.41) is 0. The molecule has 1 aromatic rings. The minimum Gasteiger partial charge on any atom is -0.480 e. The Morgan fingerprint density at radius 2 is 2.29 bits per heavy atom. The van der Waals surface area contributed by atoms with Crippen LogP contribution in [0.1, 0.15) is 36.5 Å². The first-order chi connectivity index (χ1) is 6.81. The molecule has 78 valence electrons. The molecule has 0 spiro atoms. The third-order valence-electron chi connectivity index (χ3n) is 2.76. The van der Waals surface area contributed by atoms with Crippen molar-refractivity contribution in [1.29, 1.82) is 0 Å². The highest BCUT2D eigenvalue weighted by Gasteiger charge is 2.26. The molecule has 1 saturated carbocycles. The van der Waals surface area contributed by atoms with Crippen LogP contribution in [0.2, 0.25) is 0 Å². The molecular weight excluding hydrogens is 262 g/mol. The van der Waals surface area contributed by atoms with Crippen molar-refractivity contribution >= 4 is 27.5 Å². The third kappa shape index (κ3) is 2.11. The Hall–Kier alpha value is -0.0900. The van der Waals surface area contributed by atoms with E-state index in [9.17, 15) is 0 Å². The number of methoxy groups -OCH3 is 1. The summed E-state index contributed by atoms with van der Waals surface area (Å²) in [6.07, 6.45) is 5.25. The summed E-state index contributed by atoms with van der Waals surface area (Å²) < 4.78 is 9.35. The van der Waals surface area contributed by atoms with Gasteiger partial charge in [-0.15, -0.1) is 0 Å². The fourth-order valence-electron chi connectivity index (χ4n) is 1.95. The van der Waals surface area contributed by atoms with Gasteiger partial charge in [-0.25, -0.2) is 0 Å². The minimum absolute atomic E-state index is 0.626. The van der Waals surface area contributed by atoms with Crippen LogP contribution in [0.3, 0.4) is 0 Å². The molecule has 0 N–H and O–H groups in total. The summed E-state index contributed by atoms with van der Waals surface area (Å²) >= 11 is 5.34. The highest BCUT2D eigenvalue weighted by molar-refractivity contribution is 9.09. The van der Waals surface area contributed by atoms with Crippen molar-refractivity contribution in [1.82, 2.24) is 4.37 Å². The van der Waals surface area contributed by atoms with E-state index >= 15 is 0 Å². The van der Waals surface area contributed by atoms with Gasteiger partial charge in [0.2, 0.25) is 5.88 Å². The molecule has 14 heavy (non-hydrogen) atoms. The SMILES string of the molecule is COc1cc(C2CCCCC2Br)sn1. The first-order valence-corrected chi connectivity index (χ1v) is 6.65. The van der Waals surface area contributed by atoms with Crippen LogP contribution in [0.15, 0.2) is 6.07 Å². The van der Waals surface area contributed by atoms with E-state index in [1.165, 1.54) is 30.6 Å². The highest BCUT2D eigenvalue weighted by Crippen LogP contribution is 2.39. The number of alkyl halides is 1. The number of hydrogen-bond acceptors (Lipinski definition) is 3. The molecule has 0 saturated heterocycles. The number of hydrogen-bond donors (Lipinski definition) is 0. The summed E-state index contributed by atoms with van der Waals surface area (Å²) in [5.41, 5.74) is 0. The largest absolute Gasteiger partial charge is 0.480 e. The topological polar surface area (TPSA) is 22.1 Å². The lowest BCUT2D eigenvalue weighted by atomic mass is 9.88. The van der Waals surface area contributed by atoms with Gasteiger partial charge in [0.05, 0.1) is 7.11 Å². The van der Waals surface area contributed by atoms with Gasteiger partial charge in [0.25, 0.3) is 0 Å². The number of ether oxygens (including phenoxy) is 1. The Kier molecular flexibility index (Phi) is 3.44. The van der Waals surface area contributed by atoms with Gasteiger partial charge in [0.15, 0.2) is 0 Å². The van der Waals surface area contributed by atoms with E-state index in [1.54, 1.807) is 18.6 Å². The summed E-state index contributed by atoms with van der Waals surface area (Å²) in [7, 11) is 1.67. The molecule has 1 aliphatic rings. The van der Waals surface area contributed by atoms with Crippen LogP contribution in [-0.2, 0) is 0 Å². The first-order valence-electron chi connectivity index (χ1n) is 4.96. The summed E-state index contributed by atoms with van der Waals surface area (Å²) in [4.78, 5) is 1.99. The Labute approximate surface area is 97.0 Å². The number of aromatic nitrogens is 1. The zero-order valence-electron chi connectivity index (χ0n) is 8.20. The second-order valence-corrected chi connectivity index (χ2v) is 5.69. The zero-order chi connectivity index (χ0) is 9.97.